The number of sulfonamides is 1. The number of amides is 1. The Morgan fingerprint density at radius 3 is 2.65 bits per heavy atom. The van der Waals surface area contributed by atoms with Gasteiger partial charge in [0.1, 0.15) is 10.7 Å². The second-order valence-corrected chi connectivity index (χ2v) is 8.07. The van der Waals surface area contributed by atoms with Crippen molar-refractivity contribution in [2.75, 3.05) is 6.54 Å². The summed E-state index contributed by atoms with van der Waals surface area (Å²) in [5, 5.41) is 0. The first-order chi connectivity index (χ1) is 10.9. The second kappa shape index (κ2) is 6.20. The molecule has 126 valence electrons. The quantitative estimate of drug-likeness (QED) is 0.914. The number of hydrogen-bond acceptors (Lipinski definition) is 3. The molecule has 1 aliphatic carbocycles. The molecule has 3 rings (SSSR count). The van der Waals surface area contributed by atoms with Crippen LogP contribution in [0.25, 0.3) is 0 Å². The van der Waals surface area contributed by atoms with Crippen LogP contribution in [-0.4, -0.2) is 37.9 Å². The van der Waals surface area contributed by atoms with Gasteiger partial charge >= 0.3 is 0 Å². The van der Waals surface area contributed by atoms with Crippen molar-refractivity contribution in [2.24, 2.45) is 0 Å². The predicted molar refractivity (Wildman–Crippen MR) is 84.1 cm³/mol. The van der Waals surface area contributed by atoms with Crippen LogP contribution in [0.5, 0.6) is 0 Å². The molecule has 0 bridgehead atoms. The first-order valence-corrected chi connectivity index (χ1v) is 9.49. The Kier molecular flexibility index (Phi) is 4.42. The summed E-state index contributed by atoms with van der Waals surface area (Å²) >= 11 is 0. The van der Waals surface area contributed by atoms with Gasteiger partial charge < -0.3 is 4.90 Å². The molecule has 2 fully saturated rings. The maximum Gasteiger partial charge on any atom is 0.254 e. The van der Waals surface area contributed by atoms with Crippen molar-refractivity contribution in [2.45, 2.75) is 56.0 Å². The molecule has 1 unspecified atom stereocenters. The number of rotatable bonds is 4. The highest BCUT2D eigenvalue weighted by Gasteiger charge is 2.31. The number of halogens is 1. The smallest absolute Gasteiger partial charge is 0.254 e. The zero-order chi connectivity index (χ0) is 16.6. The van der Waals surface area contributed by atoms with Crippen molar-refractivity contribution in [3.05, 3.63) is 29.6 Å². The van der Waals surface area contributed by atoms with E-state index >= 15 is 0 Å². The molecular weight excluding hydrogens is 319 g/mol. The molecule has 1 saturated heterocycles. The zero-order valence-electron chi connectivity index (χ0n) is 13.1. The Morgan fingerprint density at radius 2 is 2.00 bits per heavy atom. The van der Waals surface area contributed by atoms with Gasteiger partial charge in [-0.05, 0) is 57.2 Å². The van der Waals surface area contributed by atoms with Crippen LogP contribution in [0.3, 0.4) is 0 Å². The van der Waals surface area contributed by atoms with Gasteiger partial charge in [0, 0.05) is 24.2 Å². The number of nitrogens with one attached hydrogen (secondary N) is 1. The lowest BCUT2D eigenvalue weighted by Gasteiger charge is -2.33. The minimum atomic E-state index is -3.92. The monoisotopic (exact) mass is 340 g/mol. The van der Waals surface area contributed by atoms with Crippen LogP contribution in [0.4, 0.5) is 4.39 Å². The fourth-order valence-corrected chi connectivity index (χ4v) is 4.30. The molecule has 7 heteroatoms. The van der Waals surface area contributed by atoms with Crippen LogP contribution in [0.1, 0.15) is 49.4 Å². The summed E-state index contributed by atoms with van der Waals surface area (Å²) in [7, 11) is -3.92. The van der Waals surface area contributed by atoms with Gasteiger partial charge in [0.05, 0.1) is 0 Å². The first kappa shape index (κ1) is 16.4. The van der Waals surface area contributed by atoms with Gasteiger partial charge in [0.15, 0.2) is 0 Å². The van der Waals surface area contributed by atoms with E-state index in [2.05, 4.69) is 4.72 Å². The number of hydrogen-bond donors (Lipinski definition) is 1. The molecule has 1 amide bonds. The van der Waals surface area contributed by atoms with E-state index in [4.69, 9.17) is 0 Å². The standard InChI is InChI=1S/C16H21FN2O3S/c1-11-4-2-3-9-19(11)16(20)12-5-8-14(17)15(10-12)23(21,22)18-13-6-7-13/h5,8,10-11,13,18H,2-4,6-7,9H2,1H3. The Labute approximate surface area is 135 Å². The van der Waals surface area contributed by atoms with Crippen LogP contribution < -0.4 is 4.72 Å². The van der Waals surface area contributed by atoms with Crippen LogP contribution in [0.15, 0.2) is 23.1 Å². The fraction of sp³-hybridized carbons (Fsp3) is 0.562. The van der Waals surface area contributed by atoms with Gasteiger partial charge in [-0.25, -0.2) is 17.5 Å². The lowest BCUT2D eigenvalue weighted by Crippen LogP contribution is -2.42. The number of carbonyl (C=O) groups is 1. The van der Waals surface area contributed by atoms with Gasteiger partial charge in [0.25, 0.3) is 5.91 Å². The van der Waals surface area contributed by atoms with Crippen molar-refractivity contribution in [3.8, 4) is 0 Å². The summed E-state index contributed by atoms with van der Waals surface area (Å²) in [6.07, 6.45) is 4.49. The summed E-state index contributed by atoms with van der Waals surface area (Å²) in [6.45, 7) is 2.63. The van der Waals surface area contributed by atoms with Crippen molar-refractivity contribution in [3.63, 3.8) is 0 Å². The lowest BCUT2D eigenvalue weighted by atomic mass is 10.0. The summed E-state index contributed by atoms with van der Waals surface area (Å²) in [4.78, 5) is 13.9. The second-order valence-electron chi connectivity index (χ2n) is 6.38. The van der Waals surface area contributed by atoms with Crippen LogP contribution in [0, 0.1) is 5.82 Å². The van der Waals surface area contributed by atoms with Crippen molar-refractivity contribution in [1.29, 1.82) is 0 Å². The SMILES string of the molecule is CC1CCCCN1C(=O)c1ccc(F)c(S(=O)(=O)NC2CC2)c1. The van der Waals surface area contributed by atoms with Gasteiger partial charge in [-0.15, -0.1) is 0 Å². The first-order valence-electron chi connectivity index (χ1n) is 8.01. The molecule has 1 aromatic carbocycles. The zero-order valence-corrected chi connectivity index (χ0v) is 13.9. The topological polar surface area (TPSA) is 66.5 Å². The highest BCUT2D eigenvalue weighted by Crippen LogP contribution is 2.25. The third kappa shape index (κ3) is 3.55. The molecule has 0 spiro atoms. The predicted octanol–water partition coefficient (Wildman–Crippen LogP) is 2.28. The molecule has 23 heavy (non-hydrogen) atoms. The third-order valence-electron chi connectivity index (χ3n) is 4.43. The largest absolute Gasteiger partial charge is 0.336 e. The average Bonchev–Trinajstić information content (AvgIpc) is 3.30. The van der Waals surface area contributed by atoms with Crippen LogP contribution >= 0.6 is 0 Å². The van der Waals surface area contributed by atoms with E-state index in [9.17, 15) is 17.6 Å². The summed E-state index contributed by atoms with van der Waals surface area (Å²) in [5.74, 6) is -1.07. The molecule has 1 N–H and O–H groups in total. The van der Waals surface area contributed by atoms with E-state index in [-0.39, 0.29) is 23.6 Å². The van der Waals surface area contributed by atoms with Crippen LogP contribution in [-0.2, 0) is 10.0 Å². The maximum absolute atomic E-state index is 14.0. The molecule has 1 atom stereocenters. The number of benzene rings is 1. The molecule has 0 aromatic heterocycles. The van der Waals surface area contributed by atoms with Gasteiger partial charge in [-0.1, -0.05) is 0 Å². The van der Waals surface area contributed by atoms with E-state index in [0.717, 1.165) is 44.2 Å². The molecule has 1 aromatic rings. The Bertz CT molecular complexity index is 716. The van der Waals surface area contributed by atoms with Crippen molar-refractivity contribution >= 4 is 15.9 Å². The highest BCUT2D eigenvalue weighted by atomic mass is 32.2. The number of piperidine rings is 1. The minimum absolute atomic E-state index is 0.110. The van der Waals surface area contributed by atoms with Gasteiger partial charge in [-0.2, -0.15) is 0 Å². The fourth-order valence-electron chi connectivity index (χ4n) is 2.89. The number of carbonyl (C=O) groups excluding carboxylic acids is 1. The van der Waals surface area contributed by atoms with Crippen molar-refractivity contribution in [1.82, 2.24) is 9.62 Å². The summed E-state index contributed by atoms with van der Waals surface area (Å²) in [5.41, 5.74) is 0.219. The molecule has 1 heterocycles. The average molecular weight is 340 g/mol. The maximum atomic E-state index is 14.0. The Balaban J connectivity index is 1.88. The normalized spacial score (nSPS) is 22.2. The van der Waals surface area contributed by atoms with Crippen molar-refractivity contribution < 1.29 is 17.6 Å². The highest BCUT2D eigenvalue weighted by molar-refractivity contribution is 7.89. The summed E-state index contributed by atoms with van der Waals surface area (Å²) in [6, 6.07) is 3.58. The minimum Gasteiger partial charge on any atom is -0.336 e. The van der Waals surface area contributed by atoms with Gasteiger partial charge in [-0.3, -0.25) is 4.79 Å². The van der Waals surface area contributed by atoms with E-state index in [1.807, 2.05) is 6.92 Å². The Morgan fingerprint density at radius 1 is 1.26 bits per heavy atom. The molecule has 2 aliphatic rings. The molecule has 1 saturated carbocycles. The van der Waals surface area contributed by atoms with Crippen LogP contribution in [0.2, 0.25) is 0 Å². The summed E-state index contributed by atoms with van der Waals surface area (Å²) < 4.78 is 40.9. The van der Waals surface area contributed by atoms with E-state index in [0.29, 0.717) is 6.54 Å². The molecule has 0 radical (unpaired) electrons. The lowest BCUT2D eigenvalue weighted by molar-refractivity contribution is 0.0635. The number of nitrogens with zero attached hydrogens (tertiary/aromatic N) is 1. The van der Waals surface area contributed by atoms with E-state index in [1.165, 1.54) is 6.07 Å². The van der Waals surface area contributed by atoms with E-state index < -0.39 is 20.7 Å². The molecular formula is C16H21FN2O3S. The third-order valence-corrected chi connectivity index (χ3v) is 5.97. The van der Waals surface area contributed by atoms with Gasteiger partial charge in [0.2, 0.25) is 10.0 Å². The number of likely N-dealkylation sites (tertiary alicyclic amines) is 1. The molecule has 1 aliphatic heterocycles. The van der Waals surface area contributed by atoms with E-state index in [1.54, 1.807) is 4.90 Å². The Hall–Kier alpha value is -1.47. The molecule has 5 nitrogen and oxygen atoms in total.